The molecule has 2 aliphatic rings. The van der Waals surface area contributed by atoms with Gasteiger partial charge in [-0.2, -0.15) is 0 Å². The third kappa shape index (κ3) is 3.37. The Balaban J connectivity index is 1.84. The molecule has 2 fully saturated rings. The predicted octanol–water partition coefficient (Wildman–Crippen LogP) is 1.66. The van der Waals surface area contributed by atoms with Crippen LogP contribution < -0.4 is 5.73 Å². The zero-order valence-corrected chi connectivity index (χ0v) is 11.9. The molecule has 18 heavy (non-hydrogen) atoms. The van der Waals surface area contributed by atoms with Crippen molar-refractivity contribution in [2.45, 2.75) is 57.5 Å². The minimum absolute atomic E-state index is 0.489. The first-order valence-electron chi connectivity index (χ1n) is 7.49. The van der Waals surface area contributed by atoms with Crippen molar-refractivity contribution in [1.82, 2.24) is 9.80 Å². The van der Waals surface area contributed by atoms with Gasteiger partial charge in [-0.05, 0) is 32.2 Å². The van der Waals surface area contributed by atoms with Gasteiger partial charge in [0.1, 0.15) is 0 Å². The standard InChI is InChI=1S/C14H28N4/c1-3-18-10-8-13(9-11-18)17(2)14(15)16-12-6-4-5-7-12/h12-13H,3-11H2,1-2H3,(H2,15,16). The monoisotopic (exact) mass is 252 g/mol. The van der Waals surface area contributed by atoms with Crippen LogP contribution in [-0.4, -0.2) is 54.5 Å². The number of nitrogens with two attached hydrogens (primary N) is 1. The van der Waals surface area contributed by atoms with E-state index < -0.39 is 0 Å². The molecule has 0 aromatic heterocycles. The van der Waals surface area contributed by atoms with Gasteiger partial charge in [0.25, 0.3) is 0 Å². The molecule has 2 N–H and O–H groups in total. The Morgan fingerprint density at radius 3 is 2.39 bits per heavy atom. The second kappa shape index (κ2) is 6.41. The molecule has 1 aliphatic carbocycles. The molecule has 0 atom stereocenters. The molecular weight excluding hydrogens is 224 g/mol. The summed E-state index contributed by atoms with van der Waals surface area (Å²) in [5.41, 5.74) is 6.16. The number of aliphatic imine (C=N–C) groups is 1. The molecule has 1 saturated carbocycles. The van der Waals surface area contributed by atoms with Crippen LogP contribution >= 0.6 is 0 Å². The Morgan fingerprint density at radius 1 is 1.22 bits per heavy atom. The van der Waals surface area contributed by atoms with Crippen LogP contribution in [0.5, 0.6) is 0 Å². The Kier molecular flexibility index (Phi) is 4.87. The molecule has 1 saturated heterocycles. The third-order valence-corrected chi connectivity index (χ3v) is 4.55. The van der Waals surface area contributed by atoms with Crippen molar-refractivity contribution < 1.29 is 0 Å². The summed E-state index contributed by atoms with van der Waals surface area (Å²) in [4.78, 5) is 9.42. The molecule has 0 bridgehead atoms. The van der Waals surface area contributed by atoms with Gasteiger partial charge in [-0.15, -0.1) is 0 Å². The molecule has 4 nitrogen and oxygen atoms in total. The lowest BCUT2D eigenvalue weighted by atomic mass is 10.0. The lowest BCUT2D eigenvalue weighted by Gasteiger charge is -2.36. The van der Waals surface area contributed by atoms with E-state index >= 15 is 0 Å². The van der Waals surface area contributed by atoms with Gasteiger partial charge in [0.15, 0.2) is 5.96 Å². The summed E-state index contributed by atoms with van der Waals surface area (Å²) in [6.07, 6.45) is 7.52. The zero-order valence-electron chi connectivity index (χ0n) is 11.9. The van der Waals surface area contributed by atoms with E-state index in [2.05, 4.69) is 23.8 Å². The second-order valence-corrected chi connectivity index (χ2v) is 5.70. The number of piperidine rings is 1. The maximum Gasteiger partial charge on any atom is 0.191 e. The van der Waals surface area contributed by atoms with Gasteiger partial charge in [0.05, 0.1) is 6.04 Å². The fraction of sp³-hybridized carbons (Fsp3) is 0.929. The Labute approximate surface area is 111 Å². The number of hydrogen-bond acceptors (Lipinski definition) is 2. The molecular formula is C14H28N4. The van der Waals surface area contributed by atoms with Crippen molar-refractivity contribution in [3.63, 3.8) is 0 Å². The highest BCUT2D eigenvalue weighted by Crippen LogP contribution is 2.21. The van der Waals surface area contributed by atoms with Crippen LogP contribution in [-0.2, 0) is 0 Å². The smallest absolute Gasteiger partial charge is 0.191 e. The summed E-state index contributed by atoms with van der Waals surface area (Å²) >= 11 is 0. The molecule has 2 rings (SSSR count). The molecule has 0 amide bonds. The summed E-state index contributed by atoms with van der Waals surface area (Å²) in [5.74, 6) is 0.761. The topological polar surface area (TPSA) is 44.9 Å². The molecule has 1 aliphatic heterocycles. The average Bonchev–Trinajstić information content (AvgIpc) is 2.91. The highest BCUT2D eigenvalue weighted by molar-refractivity contribution is 5.78. The zero-order chi connectivity index (χ0) is 13.0. The minimum Gasteiger partial charge on any atom is -0.370 e. The molecule has 0 aromatic carbocycles. The lowest BCUT2D eigenvalue weighted by Crippen LogP contribution is -2.48. The molecule has 104 valence electrons. The molecule has 0 aromatic rings. The third-order valence-electron chi connectivity index (χ3n) is 4.55. The number of guanidine groups is 1. The van der Waals surface area contributed by atoms with E-state index in [4.69, 9.17) is 10.7 Å². The fourth-order valence-electron chi connectivity index (χ4n) is 3.12. The largest absolute Gasteiger partial charge is 0.370 e. The van der Waals surface area contributed by atoms with Crippen LogP contribution in [0, 0.1) is 0 Å². The summed E-state index contributed by atoms with van der Waals surface area (Å²) < 4.78 is 0. The Morgan fingerprint density at radius 2 is 1.83 bits per heavy atom. The number of rotatable bonds is 3. The van der Waals surface area contributed by atoms with Crippen LogP contribution in [0.2, 0.25) is 0 Å². The van der Waals surface area contributed by atoms with E-state index in [0.717, 1.165) is 5.96 Å². The van der Waals surface area contributed by atoms with Crippen LogP contribution in [0.1, 0.15) is 45.4 Å². The van der Waals surface area contributed by atoms with Crippen LogP contribution in [0.25, 0.3) is 0 Å². The number of nitrogens with zero attached hydrogens (tertiary/aromatic N) is 3. The van der Waals surface area contributed by atoms with Crippen molar-refractivity contribution >= 4 is 5.96 Å². The maximum absolute atomic E-state index is 6.16. The molecule has 0 spiro atoms. The quantitative estimate of drug-likeness (QED) is 0.614. The van der Waals surface area contributed by atoms with E-state index in [0.29, 0.717) is 12.1 Å². The highest BCUT2D eigenvalue weighted by Gasteiger charge is 2.23. The van der Waals surface area contributed by atoms with Gasteiger partial charge in [-0.25, -0.2) is 4.99 Å². The van der Waals surface area contributed by atoms with Crippen LogP contribution in [0.3, 0.4) is 0 Å². The molecule has 4 heteroatoms. The van der Waals surface area contributed by atoms with Crippen LogP contribution in [0.15, 0.2) is 4.99 Å². The van der Waals surface area contributed by atoms with Gasteiger partial charge >= 0.3 is 0 Å². The molecule has 1 heterocycles. The van der Waals surface area contributed by atoms with Crippen molar-refractivity contribution in [3.05, 3.63) is 0 Å². The summed E-state index contributed by atoms with van der Waals surface area (Å²) in [6.45, 7) is 5.80. The van der Waals surface area contributed by atoms with E-state index in [-0.39, 0.29) is 0 Å². The lowest BCUT2D eigenvalue weighted by molar-refractivity contribution is 0.170. The summed E-state index contributed by atoms with van der Waals surface area (Å²) in [6, 6.07) is 1.07. The predicted molar refractivity (Wildman–Crippen MR) is 76.8 cm³/mol. The first kappa shape index (κ1) is 13.7. The van der Waals surface area contributed by atoms with E-state index in [1.807, 2.05) is 0 Å². The Bertz CT molecular complexity index is 276. The van der Waals surface area contributed by atoms with Gasteiger partial charge in [0, 0.05) is 26.2 Å². The minimum atomic E-state index is 0.489. The van der Waals surface area contributed by atoms with Gasteiger partial charge < -0.3 is 15.5 Å². The normalized spacial score (nSPS) is 24.7. The molecule has 0 unspecified atom stereocenters. The van der Waals surface area contributed by atoms with Gasteiger partial charge in [-0.3, -0.25) is 0 Å². The average molecular weight is 252 g/mol. The first-order valence-corrected chi connectivity index (χ1v) is 7.49. The van der Waals surface area contributed by atoms with Gasteiger partial charge in [-0.1, -0.05) is 19.8 Å². The maximum atomic E-state index is 6.16. The van der Waals surface area contributed by atoms with Crippen molar-refractivity contribution in [3.8, 4) is 0 Å². The number of likely N-dealkylation sites (tertiary alicyclic amines) is 1. The second-order valence-electron chi connectivity index (χ2n) is 5.70. The van der Waals surface area contributed by atoms with E-state index in [1.165, 1.54) is 58.2 Å². The van der Waals surface area contributed by atoms with Gasteiger partial charge in [0.2, 0.25) is 0 Å². The van der Waals surface area contributed by atoms with E-state index in [9.17, 15) is 0 Å². The SMILES string of the molecule is CCN1CCC(N(C)C(N)=NC2CCCC2)CC1. The molecule has 0 radical (unpaired) electrons. The first-order chi connectivity index (χ1) is 8.70. The summed E-state index contributed by atoms with van der Waals surface area (Å²) in [5, 5.41) is 0. The van der Waals surface area contributed by atoms with Crippen molar-refractivity contribution in [2.24, 2.45) is 10.7 Å². The van der Waals surface area contributed by atoms with Crippen LogP contribution in [0.4, 0.5) is 0 Å². The Hall–Kier alpha value is -0.770. The summed E-state index contributed by atoms with van der Waals surface area (Å²) in [7, 11) is 2.11. The number of hydrogen-bond donors (Lipinski definition) is 1. The van der Waals surface area contributed by atoms with E-state index in [1.54, 1.807) is 0 Å². The highest BCUT2D eigenvalue weighted by atomic mass is 15.3. The van der Waals surface area contributed by atoms with Crippen molar-refractivity contribution in [1.29, 1.82) is 0 Å². The fourth-order valence-corrected chi connectivity index (χ4v) is 3.12. The van der Waals surface area contributed by atoms with Crippen molar-refractivity contribution in [2.75, 3.05) is 26.7 Å².